The molecule has 122 valence electrons. The van der Waals surface area contributed by atoms with Crippen molar-refractivity contribution in [3.05, 3.63) is 33.9 Å². The highest BCUT2D eigenvalue weighted by atomic mass is 19.4. The molecule has 1 N–H and O–H groups in total. The first kappa shape index (κ1) is 16.5. The van der Waals surface area contributed by atoms with Gasteiger partial charge in [-0.05, 0) is 37.8 Å². The van der Waals surface area contributed by atoms with Crippen molar-refractivity contribution in [3.8, 4) is 0 Å². The number of rotatable bonds is 4. The van der Waals surface area contributed by atoms with Crippen LogP contribution in [-0.2, 0) is 10.9 Å². The average Bonchev–Trinajstić information content (AvgIpc) is 2.47. The van der Waals surface area contributed by atoms with E-state index in [4.69, 9.17) is 4.74 Å². The van der Waals surface area contributed by atoms with Crippen LogP contribution in [0.2, 0.25) is 0 Å². The topological polar surface area (TPSA) is 64.4 Å². The first-order chi connectivity index (χ1) is 10.3. The van der Waals surface area contributed by atoms with E-state index in [0.29, 0.717) is 0 Å². The van der Waals surface area contributed by atoms with Gasteiger partial charge in [0.25, 0.3) is 5.69 Å². The number of alkyl halides is 3. The summed E-state index contributed by atoms with van der Waals surface area (Å²) in [5.41, 5.74) is -1.91. The maximum absolute atomic E-state index is 12.9. The van der Waals surface area contributed by atoms with Crippen LogP contribution in [0.3, 0.4) is 0 Å². The highest BCUT2D eigenvalue weighted by molar-refractivity contribution is 5.55. The van der Waals surface area contributed by atoms with Crippen LogP contribution in [0.25, 0.3) is 0 Å². The minimum atomic E-state index is -4.76. The van der Waals surface area contributed by atoms with E-state index in [2.05, 4.69) is 5.32 Å². The third-order valence-corrected chi connectivity index (χ3v) is 3.88. The normalized spacial score (nSPS) is 22.4. The van der Waals surface area contributed by atoms with Gasteiger partial charge in [-0.25, -0.2) is 0 Å². The molecule has 1 aromatic carbocycles. The summed E-state index contributed by atoms with van der Waals surface area (Å²) in [6.45, 7) is 0. The van der Waals surface area contributed by atoms with Crippen molar-refractivity contribution in [2.24, 2.45) is 0 Å². The van der Waals surface area contributed by atoms with Crippen molar-refractivity contribution in [2.75, 3.05) is 12.4 Å². The lowest BCUT2D eigenvalue weighted by Crippen LogP contribution is -2.29. The number of halogens is 3. The smallest absolute Gasteiger partial charge is 0.382 e. The molecule has 0 radical (unpaired) electrons. The van der Waals surface area contributed by atoms with E-state index >= 15 is 0 Å². The van der Waals surface area contributed by atoms with Crippen LogP contribution < -0.4 is 5.32 Å². The van der Waals surface area contributed by atoms with Gasteiger partial charge >= 0.3 is 6.18 Å². The molecule has 1 aliphatic carbocycles. The van der Waals surface area contributed by atoms with E-state index < -0.39 is 22.4 Å². The lowest BCUT2D eigenvalue weighted by Gasteiger charge is -2.29. The largest absolute Gasteiger partial charge is 0.423 e. The van der Waals surface area contributed by atoms with Crippen LogP contribution in [0.5, 0.6) is 0 Å². The molecule has 5 nitrogen and oxygen atoms in total. The predicted molar refractivity (Wildman–Crippen MR) is 74.8 cm³/mol. The van der Waals surface area contributed by atoms with E-state index in [1.165, 1.54) is 6.07 Å². The lowest BCUT2D eigenvalue weighted by atomic mass is 9.92. The summed E-state index contributed by atoms with van der Waals surface area (Å²) in [4.78, 5) is 9.69. The third kappa shape index (κ3) is 3.88. The Hall–Kier alpha value is -1.83. The molecular formula is C14H17F3N2O3. The number of hydrogen-bond acceptors (Lipinski definition) is 4. The third-order valence-electron chi connectivity index (χ3n) is 3.88. The van der Waals surface area contributed by atoms with Crippen molar-refractivity contribution >= 4 is 11.4 Å². The number of methoxy groups -OCH3 is 1. The van der Waals surface area contributed by atoms with Crippen molar-refractivity contribution in [2.45, 2.75) is 44.0 Å². The number of nitrogens with one attached hydrogen (secondary N) is 1. The molecular weight excluding hydrogens is 301 g/mol. The minimum Gasteiger partial charge on any atom is -0.382 e. The van der Waals surface area contributed by atoms with E-state index in [9.17, 15) is 23.3 Å². The molecule has 0 saturated heterocycles. The summed E-state index contributed by atoms with van der Waals surface area (Å²) in [5.74, 6) is 0. The van der Waals surface area contributed by atoms with Crippen molar-refractivity contribution in [1.29, 1.82) is 0 Å². The summed E-state index contributed by atoms with van der Waals surface area (Å²) >= 11 is 0. The zero-order valence-corrected chi connectivity index (χ0v) is 12.0. The van der Waals surface area contributed by atoms with Crippen molar-refractivity contribution in [3.63, 3.8) is 0 Å². The second-order valence-corrected chi connectivity index (χ2v) is 5.34. The fourth-order valence-electron chi connectivity index (χ4n) is 2.69. The van der Waals surface area contributed by atoms with Crippen LogP contribution in [-0.4, -0.2) is 24.2 Å². The Kier molecular flexibility index (Phi) is 4.90. The van der Waals surface area contributed by atoms with Gasteiger partial charge in [-0.3, -0.25) is 10.1 Å². The Morgan fingerprint density at radius 2 is 1.91 bits per heavy atom. The quantitative estimate of drug-likeness (QED) is 0.673. The molecule has 22 heavy (non-hydrogen) atoms. The molecule has 0 spiro atoms. The van der Waals surface area contributed by atoms with Gasteiger partial charge in [0.2, 0.25) is 0 Å². The molecule has 0 heterocycles. The Morgan fingerprint density at radius 1 is 1.27 bits per heavy atom. The van der Waals surface area contributed by atoms with Crippen LogP contribution in [0, 0.1) is 10.1 Å². The van der Waals surface area contributed by atoms with Gasteiger partial charge in [-0.2, -0.15) is 13.2 Å². The van der Waals surface area contributed by atoms with E-state index in [1.807, 2.05) is 0 Å². The highest BCUT2D eigenvalue weighted by Gasteiger charge is 2.38. The fourth-order valence-corrected chi connectivity index (χ4v) is 2.69. The molecule has 1 aliphatic rings. The predicted octanol–water partition coefficient (Wildman–Crippen LogP) is 3.98. The molecule has 0 aliphatic heterocycles. The summed E-state index contributed by atoms with van der Waals surface area (Å²) in [6.07, 6.45) is -1.30. The summed E-state index contributed by atoms with van der Waals surface area (Å²) in [5, 5.41) is 13.7. The maximum atomic E-state index is 12.9. The Bertz CT molecular complexity index is 541. The van der Waals surface area contributed by atoms with Gasteiger partial charge in [0.1, 0.15) is 5.56 Å². The molecule has 8 heteroatoms. The summed E-state index contributed by atoms with van der Waals surface area (Å²) in [6, 6.07) is 3.07. The molecule has 2 rings (SSSR count). The van der Waals surface area contributed by atoms with Crippen LogP contribution in [0.4, 0.5) is 24.5 Å². The summed E-state index contributed by atoms with van der Waals surface area (Å²) in [7, 11) is 1.64. The van der Waals surface area contributed by atoms with Gasteiger partial charge in [-0.15, -0.1) is 0 Å². The highest BCUT2D eigenvalue weighted by Crippen LogP contribution is 2.38. The molecule has 1 fully saturated rings. The zero-order valence-electron chi connectivity index (χ0n) is 12.0. The number of ether oxygens (including phenoxy) is 1. The molecule has 0 unspecified atom stereocenters. The number of nitro benzene ring substituents is 1. The summed E-state index contributed by atoms with van der Waals surface area (Å²) < 4.78 is 44.0. The number of nitrogens with zero attached hydrogens (tertiary/aromatic N) is 1. The van der Waals surface area contributed by atoms with E-state index in [1.54, 1.807) is 7.11 Å². The first-order valence-electron chi connectivity index (χ1n) is 6.96. The molecule has 0 amide bonds. The van der Waals surface area contributed by atoms with E-state index in [-0.39, 0.29) is 17.8 Å². The minimum absolute atomic E-state index is 0.0499. The number of benzene rings is 1. The molecule has 0 atom stereocenters. The Morgan fingerprint density at radius 3 is 2.41 bits per heavy atom. The molecule has 1 aromatic rings. The molecule has 0 bridgehead atoms. The maximum Gasteiger partial charge on any atom is 0.423 e. The Labute approximate surface area is 125 Å². The van der Waals surface area contributed by atoms with Crippen LogP contribution in [0.15, 0.2) is 18.2 Å². The number of anilines is 1. The van der Waals surface area contributed by atoms with Gasteiger partial charge in [-0.1, -0.05) is 0 Å². The number of hydrogen-bond donors (Lipinski definition) is 1. The van der Waals surface area contributed by atoms with Crippen molar-refractivity contribution in [1.82, 2.24) is 0 Å². The molecule has 1 saturated carbocycles. The van der Waals surface area contributed by atoms with Crippen LogP contribution in [0.1, 0.15) is 31.2 Å². The van der Waals surface area contributed by atoms with Gasteiger partial charge in [0.15, 0.2) is 0 Å². The second-order valence-electron chi connectivity index (χ2n) is 5.34. The zero-order chi connectivity index (χ0) is 16.3. The van der Waals surface area contributed by atoms with Gasteiger partial charge < -0.3 is 10.1 Å². The average molecular weight is 318 g/mol. The van der Waals surface area contributed by atoms with E-state index in [0.717, 1.165) is 37.8 Å². The first-order valence-corrected chi connectivity index (χ1v) is 6.96. The van der Waals surface area contributed by atoms with Crippen molar-refractivity contribution < 1.29 is 22.8 Å². The van der Waals surface area contributed by atoms with Gasteiger partial charge in [0, 0.05) is 24.9 Å². The SMILES string of the molecule is COC1CCC(Nc2ccc([N+](=O)[O-])c(C(F)(F)F)c2)CC1. The monoisotopic (exact) mass is 318 g/mol. The van der Waals surface area contributed by atoms with Crippen LogP contribution >= 0.6 is 0 Å². The Balaban J connectivity index is 2.14. The standard InChI is InChI=1S/C14H17F3N2O3/c1-22-11-5-2-9(3-6-11)18-10-4-7-13(19(20)21)12(8-10)14(15,16)17/h4,7-9,11,18H,2-3,5-6H2,1H3. The lowest BCUT2D eigenvalue weighted by molar-refractivity contribution is -0.388. The second kappa shape index (κ2) is 6.51. The van der Waals surface area contributed by atoms with Gasteiger partial charge in [0.05, 0.1) is 11.0 Å². The fraction of sp³-hybridized carbons (Fsp3) is 0.571. The number of nitro groups is 1. The molecule has 0 aromatic heterocycles.